The van der Waals surface area contributed by atoms with Crippen molar-refractivity contribution in [2.24, 2.45) is 5.92 Å². The van der Waals surface area contributed by atoms with Gasteiger partial charge in [-0.2, -0.15) is 0 Å². The highest BCUT2D eigenvalue weighted by Gasteiger charge is 2.32. The number of nitrogens with zero attached hydrogens (tertiary/aromatic N) is 2. The maximum Gasteiger partial charge on any atom is 0.257 e. The summed E-state index contributed by atoms with van der Waals surface area (Å²) >= 11 is 1.63. The maximum atomic E-state index is 13.3. The van der Waals surface area contributed by atoms with Crippen LogP contribution in [0.1, 0.15) is 33.8 Å². The van der Waals surface area contributed by atoms with E-state index in [0.29, 0.717) is 31.7 Å². The van der Waals surface area contributed by atoms with Gasteiger partial charge in [-0.3, -0.25) is 9.59 Å². The van der Waals surface area contributed by atoms with Crippen LogP contribution in [0.3, 0.4) is 0 Å². The molecular weight excluding hydrogens is 376 g/mol. The Kier molecular flexibility index (Phi) is 5.62. The van der Waals surface area contributed by atoms with E-state index < -0.39 is 0 Å². The Hall–Kier alpha value is -2.80. The normalized spacial score (nSPS) is 16.9. The number of hydrogen-bond acceptors (Lipinski definition) is 5. The van der Waals surface area contributed by atoms with Crippen LogP contribution in [-0.4, -0.2) is 34.7 Å². The van der Waals surface area contributed by atoms with Crippen molar-refractivity contribution < 1.29 is 18.4 Å². The Morgan fingerprint density at radius 1 is 1.18 bits per heavy atom. The van der Waals surface area contributed by atoms with Gasteiger partial charge < -0.3 is 18.6 Å². The molecule has 7 heteroatoms. The lowest BCUT2D eigenvalue weighted by Gasteiger charge is -2.34. The number of likely N-dealkylation sites (tertiary alicyclic amines) is 1. The highest BCUT2D eigenvalue weighted by Crippen LogP contribution is 2.24. The summed E-state index contributed by atoms with van der Waals surface area (Å²) in [5.74, 6) is 0.531. The van der Waals surface area contributed by atoms with Crippen LogP contribution in [0, 0.1) is 5.92 Å². The molecule has 0 aromatic carbocycles. The fraction of sp³-hybridized carbons (Fsp3) is 0.333. The second-order valence-corrected chi connectivity index (χ2v) is 7.99. The molecule has 1 aliphatic heterocycles. The molecule has 0 radical (unpaired) electrons. The Balaban J connectivity index is 1.47. The molecule has 3 aromatic heterocycles. The summed E-state index contributed by atoms with van der Waals surface area (Å²) in [6.45, 7) is 2.07. The number of thiophene rings is 1. The van der Waals surface area contributed by atoms with Gasteiger partial charge in [0.15, 0.2) is 0 Å². The minimum atomic E-state index is -0.209. The molecule has 3 aromatic rings. The zero-order valence-electron chi connectivity index (χ0n) is 15.5. The van der Waals surface area contributed by atoms with Crippen LogP contribution < -0.4 is 0 Å². The van der Waals surface area contributed by atoms with Crippen molar-refractivity contribution in [2.45, 2.75) is 25.9 Å². The molecule has 0 spiro atoms. The van der Waals surface area contributed by atoms with Gasteiger partial charge in [-0.05, 0) is 42.5 Å². The quantitative estimate of drug-likeness (QED) is 0.629. The summed E-state index contributed by atoms with van der Waals surface area (Å²) in [7, 11) is 0. The van der Waals surface area contributed by atoms with Crippen molar-refractivity contribution in [3.8, 4) is 0 Å². The molecule has 1 atom stereocenters. The van der Waals surface area contributed by atoms with Crippen molar-refractivity contribution >= 4 is 23.2 Å². The van der Waals surface area contributed by atoms with E-state index in [1.807, 2.05) is 34.5 Å². The first kappa shape index (κ1) is 18.6. The Morgan fingerprint density at radius 2 is 2.11 bits per heavy atom. The van der Waals surface area contributed by atoms with E-state index in [9.17, 15) is 9.59 Å². The van der Waals surface area contributed by atoms with Gasteiger partial charge in [-0.25, -0.2) is 0 Å². The highest BCUT2D eigenvalue weighted by molar-refractivity contribution is 7.09. The van der Waals surface area contributed by atoms with E-state index in [-0.39, 0.29) is 17.7 Å². The van der Waals surface area contributed by atoms with E-state index in [0.717, 1.165) is 23.5 Å². The molecule has 1 unspecified atom stereocenters. The SMILES string of the molecule is O=C(c1ccoc1)N1CCCC(C(=O)N(Cc2ccco2)Cc2cccs2)C1. The molecule has 0 N–H and O–H groups in total. The third kappa shape index (κ3) is 4.20. The lowest BCUT2D eigenvalue weighted by Crippen LogP contribution is -2.46. The summed E-state index contributed by atoms with van der Waals surface area (Å²) in [5.41, 5.74) is 0.527. The van der Waals surface area contributed by atoms with Gasteiger partial charge in [0.1, 0.15) is 12.0 Å². The van der Waals surface area contributed by atoms with Crippen LogP contribution in [0.5, 0.6) is 0 Å². The Labute approximate surface area is 167 Å². The van der Waals surface area contributed by atoms with Crippen LogP contribution in [0.4, 0.5) is 0 Å². The number of carbonyl (C=O) groups excluding carboxylic acids is 2. The summed E-state index contributed by atoms with van der Waals surface area (Å²) in [4.78, 5) is 30.7. The standard InChI is InChI=1S/C21H22N2O4S/c24-20(16-4-1-8-22(12-16)21(25)17-7-10-26-15-17)23(13-18-5-2-9-27-18)14-19-6-3-11-28-19/h2-3,5-7,9-11,15-16H,1,4,8,12-14H2. The average Bonchev–Trinajstić information content (AvgIpc) is 3.50. The van der Waals surface area contributed by atoms with Gasteiger partial charge >= 0.3 is 0 Å². The van der Waals surface area contributed by atoms with Crippen molar-refractivity contribution in [1.29, 1.82) is 0 Å². The van der Waals surface area contributed by atoms with E-state index in [4.69, 9.17) is 8.83 Å². The molecule has 4 heterocycles. The first-order valence-electron chi connectivity index (χ1n) is 9.36. The minimum absolute atomic E-state index is 0.0643. The first-order chi connectivity index (χ1) is 13.7. The summed E-state index contributed by atoms with van der Waals surface area (Å²) < 4.78 is 10.5. The number of piperidine rings is 1. The molecular formula is C21H22N2O4S. The summed E-state index contributed by atoms with van der Waals surface area (Å²) in [6.07, 6.45) is 6.16. The number of carbonyl (C=O) groups is 2. The first-order valence-corrected chi connectivity index (χ1v) is 10.2. The van der Waals surface area contributed by atoms with Crippen LogP contribution >= 0.6 is 11.3 Å². The lowest BCUT2D eigenvalue weighted by molar-refractivity contribution is -0.138. The molecule has 1 fully saturated rings. The van der Waals surface area contributed by atoms with Gasteiger partial charge in [0.2, 0.25) is 5.91 Å². The third-order valence-electron chi connectivity index (χ3n) is 4.99. The molecule has 0 saturated carbocycles. The lowest BCUT2D eigenvalue weighted by atomic mass is 9.96. The second kappa shape index (κ2) is 8.48. The van der Waals surface area contributed by atoms with E-state index in [1.165, 1.54) is 12.5 Å². The third-order valence-corrected chi connectivity index (χ3v) is 5.85. The van der Waals surface area contributed by atoms with E-state index >= 15 is 0 Å². The van der Waals surface area contributed by atoms with Crippen LogP contribution in [0.25, 0.3) is 0 Å². The fourth-order valence-electron chi connectivity index (χ4n) is 3.58. The molecule has 2 amide bonds. The zero-order valence-corrected chi connectivity index (χ0v) is 16.3. The molecule has 0 aliphatic carbocycles. The van der Waals surface area contributed by atoms with Crippen molar-refractivity contribution in [3.05, 3.63) is 70.7 Å². The zero-order chi connectivity index (χ0) is 19.3. The van der Waals surface area contributed by atoms with Crippen molar-refractivity contribution in [1.82, 2.24) is 9.80 Å². The van der Waals surface area contributed by atoms with Gasteiger partial charge in [0.05, 0.1) is 37.1 Å². The second-order valence-electron chi connectivity index (χ2n) is 6.96. The van der Waals surface area contributed by atoms with Crippen molar-refractivity contribution in [3.63, 3.8) is 0 Å². The fourth-order valence-corrected chi connectivity index (χ4v) is 4.30. The van der Waals surface area contributed by atoms with E-state index in [1.54, 1.807) is 28.6 Å². The Bertz CT molecular complexity index is 851. The largest absolute Gasteiger partial charge is 0.472 e. The average molecular weight is 398 g/mol. The monoisotopic (exact) mass is 398 g/mol. The van der Waals surface area contributed by atoms with Crippen LogP contribution in [0.15, 0.2) is 63.3 Å². The van der Waals surface area contributed by atoms with Crippen LogP contribution in [-0.2, 0) is 17.9 Å². The number of furan rings is 2. The van der Waals surface area contributed by atoms with Gasteiger partial charge in [-0.1, -0.05) is 6.07 Å². The molecule has 0 bridgehead atoms. The summed E-state index contributed by atoms with van der Waals surface area (Å²) in [6, 6.07) is 9.39. The molecule has 4 rings (SSSR count). The van der Waals surface area contributed by atoms with Crippen molar-refractivity contribution in [2.75, 3.05) is 13.1 Å². The van der Waals surface area contributed by atoms with Gasteiger partial charge in [-0.15, -0.1) is 11.3 Å². The maximum absolute atomic E-state index is 13.3. The molecule has 1 aliphatic rings. The molecule has 28 heavy (non-hydrogen) atoms. The molecule has 6 nitrogen and oxygen atoms in total. The van der Waals surface area contributed by atoms with Gasteiger partial charge in [0, 0.05) is 18.0 Å². The smallest absolute Gasteiger partial charge is 0.257 e. The number of rotatable bonds is 6. The topological polar surface area (TPSA) is 66.9 Å². The minimum Gasteiger partial charge on any atom is -0.472 e. The number of amides is 2. The van der Waals surface area contributed by atoms with Gasteiger partial charge in [0.25, 0.3) is 5.91 Å². The molecule has 1 saturated heterocycles. The highest BCUT2D eigenvalue weighted by atomic mass is 32.1. The predicted octanol–water partition coefficient (Wildman–Crippen LogP) is 4.02. The summed E-state index contributed by atoms with van der Waals surface area (Å²) in [5, 5.41) is 2.01. The Morgan fingerprint density at radius 3 is 2.82 bits per heavy atom. The van der Waals surface area contributed by atoms with E-state index in [2.05, 4.69) is 0 Å². The van der Waals surface area contributed by atoms with Crippen LogP contribution in [0.2, 0.25) is 0 Å². The molecule has 146 valence electrons. The number of hydrogen-bond donors (Lipinski definition) is 0. The predicted molar refractivity (Wildman–Crippen MR) is 105 cm³/mol.